The smallest absolute Gasteiger partial charge is 0.239 e. The monoisotopic (exact) mass is 241 g/mol. The minimum absolute atomic E-state index is 0.0341. The maximum atomic E-state index is 11.4. The third-order valence-corrected chi connectivity index (χ3v) is 2.86. The Bertz CT molecular complexity index is 355. The number of methoxy groups -OCH3 is 1. The molecule has 0 saturated heterocycles. The summed E-state index contributed by atoms with van der Waals surface area (Å²) < 4.78 is 6.05. The Balaban J connectivity index is 2.44. The predicted octanol–water partition coefficient (Wildman–Crippen LogP) is 1.44. The number of carbonyl (C=O) groups is 1. The Morgan fingerprint density at radius 2 is 2.31 bits per heavy atom. The molecule has 0 bridgehead atoms. The Hall–Kier alpha value is -1.03. The molecule has 1 unspecified atom stereocenters. The molecule has 0 aromatic heterocycles. The minimum Gasteiger partial charge on any atom is -0.500 e. The number of fused-ring (bicyclic) bond motifs is 1. The largest absolute Gasteiger partial charge is 0.500 e. The lowest BCUT2D eigenvalue weighted by molar-refractivity contribution is -0.121. The highest BCUT2D eigenvalue weighted by Crippen LogP contribution is 2.36. The van der Waals surface area contributed by atoms with Gasteiger partial charge in [-0.1, -0.05) is 15.9 Å². The predicted molar refractivity (Wildman–Crippen MR) is 51.8 cm³/mol. The fraction of sp³-hybridized carbons (Fsp3) is 0.222. The van der Waals surface area contributed by atoms with Gasteiger partial charge in [0.25, 0.3) is 0 Å². The van der Waals surface area contributed by atoms with Gasteiger partial charge in [-0.05, 0) is 12.2 Å². The summed E-state index contributed by atoms with van der Waals surface area (Å²) in [4.78, 5) is 11.4. The average Bonchev–Trinajstić information content (AvgIpc) is 2.51. The lowest BCUT2D eigenvalue weighted by atomic mass is 9.95. The van der Waals surface area contributed by atoms with Gasteiger partial charge in [0, 0.05) is 16.3 Å². The standard InChI is InChI=1S/C9H8BrNO2/c1-13-7-3-2-6(10)5-4-11-9(12)8(5)7/h2-4,8H,1H3,(H,11,12). The summed E-state index contributed by atoms with van der Waals surface area (Å²) in [7, 11) is 1.57. The first-order valence-corrected chi connectivity index (χ1v) is 4.65. The van der Waals surface area contributed by atoms with Crippen molar-refractivity contribution in [3.8, 4) is 0 Å². The lowest BCUT2D eigenvalue weighted by Crippen LogP contribution is -2.23. The van der Waals surface area contributed by atoms with E-state index in [1.807, 2.05) is 6.08 Å². The summed E-state index contributed by atoms with van der Waals surface area (Å²) in [5, 5.41) is 2.66. The molecule has 1 aliphatic heterocycles. The van der Waals surface area contributed by atoms with Gasteiger partial charge in [0.1, 0.15) is 11.7 Å². The van der Waals surface area contributed by atoms with Crippen molar-refractivity contribution in [3.63, 3.8) is 0 Å². The fourth-order valence-electron chi connectivity index (χ4n) is 1.48. The van der Waals surface area contributed by atoms with Crippen molar-refractivity contribution >= 4 is 21.8 Å². The number of carbonyl (C=O) groups excluding carboxylic acids is 1. The molecule has 1 atom stereocenters. The number of halogens is 1. The van der Waals surface area contributed by atoms with Gasteiger partial charge in [-0.3, -0.25) is 4.79 Å². The number of allylic oxidation sites excluding steroid dienone is 3. The van der Waals surface area contributed by atoms with Gasteiger partial charge in [-0.2, -0.15) is 0 Å². The second kappa shape index (κ2) is 3.03. The van der Waals surface area contributed by atoms with Crippen LogP contribution in [0.4, 0.5) is 0 Å². The van der Waals surface area contributed by atoms with Gasteiger partial charge >= 0.3 is 0 Å². The molecular weight excluding hydrogens is 234 g/mol. The number of hydrogen-bond acceptors (Lipinski definition) is 2. The van der Waals surface area contributed by atoms with Gasteiger partial charge in [0.2, 0.25) is 5.91 Å². The van der Waals surface area contributed by atoms with Crippen molar-refractivity contribution in [2.24, 2.45) is 5.92 Å². The molecule has 4 heteroatoms. The molecule has 1 N–H and O–H groups in total. The van der Waals surface area contributed by atoms with Gasteiger partial charge in [-0.15, -0.1) is 0 Å². The molecule has 1 aliphatic carbocycles. The Morgan fingerprint density at radius 3 is 3.00 bits per heavy atom. The maximum Gasteiger partial charge on any atom is 0.239 e. The molecule has 13 heavy (non-hydrogen) atoms. The number of rotatable bonds is 1. The van der Waals surface area contributed by atoms with Gasteiger partial charge in [0.05, 0.1) is 7.11 Å². The van der Waals surface area contributed by atoms with E-state index in [1.54, 1.807) is 19.4 Å². The second-order valence-electron chi connectivity index (χ2n) is 2.83. The molecule has 0 aromatic rings. The normalized spacial score (nSPS) is 25.5. The van der Waals surface area contributed by atoms with Crippen molar-refractivity contribution in [2.75, 3.05) is 7.11 Å². The summed E-state index contributed by atoms with van der Waals surface area (Å²) in [5.41, 5.74) is 0.935. The van der Waals surface area contributed by atoms with Crippen molar-refractivity contribution < 1.29 is 9.53 Å². The third-order valence-electron chi connectivity index (χ3n) is 2.13. The van der Waals surface area contributed by atoms with E-state index in [0.717, 1.165) is 10.1 Å². The van der Waals surface area contributed by atoms with Crippen molar-refractivity contribution in [3.05, 3.63) is 34.2 Å². The molecular formula is C9H8BrNO2. The topological polar surface area (TPSA) is 38.3 Å². The third kappa shape index (κ3) is 1.21. The van der Waals surface area contributed by atoms with E-state index in [-0.39, 0.29) is 11.8 Å². The maximum absolute atomic E-state index is 11.4. The average molecular weight is 242 g/mol. The van der Waals surface area contributed by atoms with Crippen LogP contribution >= 0.6 is 15.9 Å². The molecule has 68 valence electrons. The molecule has 1 amide bonds. The van der Waals surface area contributed by atoms with E-state index in [0.29, 0.717) is 5.76 Å². The van der Waals surface area contributed by atoms with E-state index in [1.165, 1.54) is 0 Å². The first-order valence-electron chi connectivity index (χ1n) is 3.86. The Labute approximate surface area is 84.3 Å². The summed E-state index contributed by atoms with van der Waals surface area (Å²) >= 11 is 3.38. The zero-order valence-electron chi connectivity index (χ0n) is 7.00. The van der Waals surface area contributed by atoms with E-state index >= 15 is 0 Å². The van der Waals surface area contributed by atoms with Crippen LogP contribution in [0.3, 0.4) is 0 Å². The quantitative estimate of drug-likeness (QED) is 0.755. The summed E-state index contributed by atoms with van der Waals surface area (Å²) in [5.74, 6) is 0.377. The van der Waals surface area contributed by atoms with E-state index < -0.39 is 0 Å². The van der Waals surface area contributed by atoms with Crippen LogP contribution in [0.25, 0.3) is 0 Å². The van der Waals surface area contributed by atoms with Crippen molar-refractivity contribution in [1.82, 2.24) is 5.32 Å². The van der Waals surface area contributed by atoms with Crippen molar-refractivity contribution in [2.45, 2.75) is 0 Å². The van der Waals surface area contributed by atoms with Crippen LogP contribution in [0.5, 0.6) is 0 Å². The van der Waals surface area contributed by atoms with E-state index in [9.17, 15) is 4.79 Å². The molecule has 2 aliphatic rings. The highest BCUT2D eigenvalue weighted by molar-refractivity contribution is 9.12. The zero-order valence-corrected chi connectivity index (χ0v) is 8.59. The van der Waals surface area contributed by atoms with Gasteiger partial charge < -0.3 is 10.1 Å². The number of nitrogens with one attached hydrogen (secondary N) is 1. The number of hydrogen-bond donors (Lipinski definition) is 1. The summed E-state index contributed by atoms with van der Waals surface area (Å²) in [6, 6.07) is 0. The van der Waals surface area contributed by atoms with Crippen LogP contribution in [0.1, 0.15) is 0 Å². The molecule has 0 aromatic carbocycles. The van der Waals surface area contributed by atoms with E-state index in [4.69, 9.17) is 4.74 Å². The van der Waals surface area contributed by atoms with Crippen LogP contribution < -0.4 is 5.32 Å². The van der Waals surface area contributed by atoms with Crippen molar-refractivity contribution in [1.29, 1.82) is 0 Å². The first-order chi connectivity index (χ1) is 6.24. The van der Waals surface area contributed by atoms with Gasteiger partial charge in [-0.25, -0.2) is 0 Å². The lowest BCUT2D eigenvalue weighted by Gasteiger charge is -2.18. The molecule has 3 nitrogen and oxygen atoms in total. The summed E-state index contributed by atoms with van der Waals surface area (Å²) in [6.45, 7) is 0. The molecule has 1 heterocycles. The van der Waals surface area contributed by atoms with Crippen LogP contribution in [0.15, 0.2) is 34.2 Å². The minimum atomic E-state index is -0.274. The zero-order chi connectivity index (χ0) is 9.42. The molecule has 0 saturated carbocycles. The Morgan fingerprint density at radius 1 is 1.54 bits per heavy atom. The molecule has 2 rings (SSSR count). The van der Waals surface area contributed by atoms with E-state index in [2.05, 4.69) is 21.2 Å². The van der Waals surface area contributed by atoms with Crippen LogP contribution in [0.2, 0.25) is 0 Å². The second-order valence-corrected chi connectivity index (χ2v) is 3.68. The molecule has 0 spiro atoms. The highest BCUT2D eigenvalue weighted by Gasteiger charge is 2.35. The molecule has 0 fully saturated rings. The number of amides is 1. The number of ether oxygens (including phenoxy) is 1. The van der Waals surface area contributed by atoms with Gasteiger partial charge in [0.15, 0.2) is 0 Å². The Kier molecular flexibility index (Phi) is 2.00. The van der Waals surface area contributed by atoms with Crippen LogP contribution in [-0.4, -0.2) is 13.0 Å². The molecule has 0 radical (unpaired) electrons. The summed E-state index contributed by atoms with van der Waals surface area (Å²) in [6.07, 6.45) is 5.39. The SMILES string of the molecule is COC1=CC=C(Br)C2=CNC(=O)C12. The fourth-order valence-corrected chi connectivity index (χ4v) is 1.96. The first kappa shape index (κ1) is 8.56. The van der Waals surface area contributed by atoms with Crippen LogP contribution in [0, 0.1) is 5.92 Å². The van der Waals surface area contributed by atoms with Crippen LogP contribution in [-0.2, 0) is 9.53 Å². The highest BCUT2D eigenvalue weighted by atomic mass is 79.9.